The molecule has 0 saturated heterocycles. The van der Waals surface area contributed by atoms with Crippen LogP contribution < -0.4 is 10.6 Å². The number of hydrogen-bond acceptors (Lipinski definition) is 3. The number of hydrogen-bond donors (Lipinski definition) is 3. The van der Waals surface area contributed by atoms with Crippen LogP contribution in [-0.4, -0.2) is 29.6 Å². The van der Waals surface area contributed by atoms with Crippen LogP contribution >= 0.6 is 0 Å². The van der Waals surface area contributed by atoms with E-state index in [1.165, 1.54) is 0 Å². The Morgan fingerprint density at radius 3 is 3.00 bits per heavy atom. The highest BCUT2D eigenvalue weighted by molar-refractivity contribution is 5.98. The Hall–Kier alpha value is -2.32. The van der Waals surface area contributed by atoms with Gasteiger partial charge in [0.15, 0.2) is 0 Å². The fourth-order valence-corrected chi connectivity index (χ4v) is 2.30. The molecule has 5 heteroatoms. The minimum atomic E-state index is -1.12. The molecule has 1 aliphatic heterocycles. The summed E-state index contributed by atoms with van der Waals surface area (Å²) in [4.78, 5) is 23.3. The second-order valence-corrected chi connectivity index (χ2v) is 4.64. The van der Waals surface area contributed by atoms with E-state index in [-0.39, 0.29) is 12.3 Å². The van der Waals surface area contributed by atoms with Crippen LogP contribution in [0.5, 0.6) is 0 Å². The van der Waals surface area contributed by atoms with E-state index in [0.717, 1.165) is 30.6 Å². The van der Waals surface area contributed by atoms with Gasteiger partial charge >= 0.3 is 5.97 Å². The molecule has 1 aromatic rings. The van der Waals surface area contributed by atoms with Crippen molar-refractivity contribution in [3.8, 4) is 12.3 Å². The molecular formula is C15H16N2O3. The monoisotopic (exact) mass is 272 g/mol. The third kappa shape index (κ3) is 2.98. The minimum absolute atomic E-state index is 0.0301. The Labute approximate surface area is 117 Å². The van der Waals surface area contributed by atoms with Crippen LogP contribution in [-0.2, 0) is 17.8 Å². The van der Waals surface area contributed by atoms with Crippen molar-refractivity contribution in [3.05, 3.63) is 34.9 Å². The number of benzene rings is 1. The minimum Gasteiger partial charge on any atom is -0.480 e. The van der Waals surface area contributed by atoms with Crippen LogP contribution in [0.2, 0.25) is 0 Å². The molecule has 0 spiro atoms. The second-order valence-electron chi connectivity index (χ2n) is 4.64. The Balaban J connectivity index is 2.21. The maximum atomic E-state index is 12.2. The zero-order valence-corrected chi connectivity index (χ0v) is 11.0. The van der Waals surface area contributed by atoms with Gasteiger partial charge in [-0.05, 0) is 30.2 Å². The summed E-state index contributed by atoms with van der Waals surface area (Å²) < 4.78 is 0. The van der Waals surface area contributed by atoms with Gasteiger partial charge in [0.05, 0.1) is 0 Å². The predicted octanol–water partition coefficient (Wildman–Crippen LogP) is 0.539. The fraction of sp³-hybridized carbons (Fsp3) is 0.333. The third-order valence-electron chi connectivity index (χ3n) is 3.31. The lowest BCUT2D eigenvalue weighted by Crippen LogP contribution is -2.41. The molecule has 0 fully saturated rings. The summed E-state index contributed by atoms with van der Waals surface area (Å²) in [5, 5.41) is 14.7. The highest BCUT2D eigenvalue weighted by Crippen LogP contribution is 2.18. The smallest absolute Gasteiger partial charge is 0.327 e. The lowest BCUT2D eigenvalue weighted by atomic mass is 9.95. The number of aliphatic carboxylic acids is 1. The van der Waals surface area contributed by atoms with E-state index in [9.17, 15) is 9.59 Å². The Kier molecular flexibility index (Phi) is 4.38. The lowest BCUT2D eigenvalue weighted by molar-refractivity contribution is -0.139. The fourth-order valence-electron chi connectivity index (χ4n) is 2.30. The molecule has 104 valence electrons. The molecule has 1 unspecified atom stereocenters. The number of nitrogens with one attached hydrogen (secondary N) is 2. The van der Waals surface area contributed by atoms with Gasteiger partial charge in [-0.1, -0.05) is 12.1 Å². The molecule has 0 aliphatic carbocycles. The van der Waals surface area contributed by atoms with Crippen molar-refractivity contribution in [2.75, 3.05) is 6.54 Å². The average molecular weight is 272 g/mol. The largest absolute Gasteiger partial charge is 0.480 e. The summed E-state index contributed by atoms with van der Waals surface area (Å²) in [6.07, 6.45) is 5.85. The van der Waals surface area contributed by atoms with Gasteiger partial charge in [-0.15, -0.1) is 12.3 Å². The Morgan fingerprint density at radius 2 is 2.30 bits per heavy atom. The molecule has 0 bridgehead atoms. The molecule has 0 aromatic heterocycles. The van der Waals surface area contributed by atoms with Gasteiger partial charge in [0.2, 0.25) is 0 Å². The normalized spacial score (nSPS) is 14.8. The molecule has 5 nitrogen and oxygen atoms in total. The van der Waals surface area contributed by atoms with E-state index >= 15 is 0 Å². The van der Waals surface area contributed by atoms with Gasteiger partial charge in [-0.2, -0.15) is 0 Å². The van der Waals surface area contributed by atoms with Gasteiger partial charge in [0.25, 0.3) is 5.91 Å². The van der Waals surface area contributed by atoms with Crippen molar-refractivity contribution in [1.82, 2.24) is 10.6 Å². The summed E-state index contributed by atoms with van der Waals surface area (Å²) >= 11 is 0. The highest BCUT2D eigenvalue weighted by Gasteiger charge is 2.22. The molecule has 20 heavy (non-hydrogen) atoms. The Morgan fingerprint density at radius 1 is 1.50 bits per heavy atom. The predicted molar refractivity (Wildman–Crippen MR) is 74.2 cm³/mol. The molecule has 0 radical (unpaired) electrons. The zero-order chi connectivity index (χ0) is 14.5. The standard InChI is InChI=1S/C15H16N2O3/c1-2-4-13(15(19)20)17-14(18)12-6-3-5-10-9-16-8-7-11(10)12/h1,3,5-6,13,16H,4,7-9H2,(H,17,18)(H,19,20). The first-order valence-electron chi connectivity index (χ1n) is 6.42. The van der Waals surface area contributed by atoms with Crippen LogP contribution in [0.15, 0.2) is 18.2 Å². The summed E-state index contributed by atoms with van der Waals surface area (Å²) in [7, 11) is 0. The molecule has 3 N–H and O–H groups in total. The third-order valence-corrected chi connectivity index (χ3v) is 3.31. The van der Waals surface area contributed by atoms with E-state index in [1.54, 1.807) is 12.1 Å². The first-order valence-corrected chi connectivity index (χ1v) is 6.42. The first-order chi connectivity index (χ1) is 9.63. The molecule has 1 aliphatic rings. The van der Waals surface area contributed by atoms with Crippen LogP contribution in [0.3, 0.4) is 0 Å². The van der Waals surface area contributed by atoms with E-state index < -0.39 is 12.0 Å². The van der Waals surface area contributed by atoms with Crippen molar-refractivity contribution < 1.29 is 14.7 Å². The van der Waals surface area contributed by atoms with Crippen LogP contribution in [0, 0.1) is 12.3 Å². The van der Waals surface area contributed by atoms with E-state index in [0.29, 0.717) is 5.56 Å². The number of carbonyl (C=O) groups excluding carboxylic acids is 1. The highest BCUT2D eigenvalue weighted by atomic mass is 16.4. The van der Waals surface area contributed by atoms with Gasteiger partial charge in [0, 0.05) is 18.5 Å². The molecule has 1 atom stereocenters. The number of carboxylic acids is 1. The summed E-state index contributed by atoms with van der Waals surface area (Å²) in [5.74, 6) is 0.757. The number of carboxylic acid groups (broad SMARTS) is 1. The molecule has 0 saturated carbocycles. The number of rotatable bonds is 4. The van der Waals surface area contributed by atoms with E-state index in [4.69, 9.17) is 11.5 Å². The number of fused-ring (bicyclic) bond motifs is 1. The van der Waals surface area contributed by atoms with Gasteiger partial charge < -0.3 is 15.7 Å². The summed E-state index contributed by atoms with van der Waals surface area (Å²) in [5.41, 5.74) is 2.59. The van der Waals surface area contributed by atoms with Crippen LogP contribution in [0.4, 0.5) is 0 Å². The summed E-state index contributed by atoms with van der Waals surface area (Å²) in [6.45, 7) is 1.53. The van der Waals surface area contributed by atoms with Crippen molar-refractivity contribution in [2.24, 2.45) is 0 Å². The molecule has 2 rings (SSSR count). The molecular weight excluding hydrogens is 256 g/mol. The van der Waals surface area contributed by atoms with Crippen molar-refractivity contribution in [2.45, 2.75) is 25.4 Å². The SMILES string of the molecule is C#CCC(NC(=O)c1cccc2c1CCNC2)C(=O)O. The van der Waals surface area contributed by atoms with Crippen LogP contribution in [0.1, 0.15) is 27.9 Å². The van der Waals surface area contributed by atoms with Crippen molar-refractivity contribution in [1.29, 1.82) is 0 Å². The summed E-state index contributed by atoms with van der Waals surface area (Å²) in [6, 6.07) is 4.44. The van der Waals surface area contributed by atoms with E-state index in [2.05, 4.69) is 16.6 Å². The van der Waals surface area contributed by atoms with Crippen LogP contribution in [0.25, 0.3) is 0 Å². The Bertz CT molecular complexity index is 575. The van der Waals surface area contributed by atoms with E-state index in [1.807, 2.05) is 6.07 Å². The maximum Gasteiger partial charge on any atom is 0.327 e. The van der Waals surface area contributed by atoms with Crippen molar-refractivity contribution in [3.63, 3.8) is 0 Å². The lowest BCUT2D eigenvalue weighted by Gasteiger charge is -2.20. The quantitative estimate of drug-likeness (QED) is 0.699. The maximum absolute atomic E-state index is 12.2. The number of terminal acetylenes is 1. The molecule has 1 heterocycles. The average Bonchev–Trinajstić information content (AvgIpc) is 2.46. The van der Waals surface area contributed by atoms with Gasteiger partial charge in [-0.3, -0.25) is 4.79 Å². The molecule has 1 amide bonds. The second kappa shape index (κ2) is 6.22. The topological polar surface area (TPSA) is 78.4 Å². The number of carbonyl (C=O) groups is 2. The first kappa shape index (κ1) is 14.1. The van der Waals surface area contributed by atoms with Crippen molar-refractivity contribution >= 4 is 11.9 Å². The number of amides is 1. The molecule has 1 aromatic carbocycles. The van der Waals surface area contributed by atoms with Gasteiger partial charge in [0.1, 0.15) is 6.04 Å². The van der Waals surface area contributed by atoms with Gasteiger partial charge in [-0.25, -0.2) is 4.79 Å². The zero-order valence-electron chi connectivity index (χ0n) is 11.0.